The average molecular weight is 624 g/mol. The van der Waals surface area contributed by atoms with Crippen molar-refractivity contribution < 1.29 is 14.3 Å². The molecule has 1 aliphatic carbocycles. The van der Waals surface area contributed by atoms with E-state index in [1.807, 2.05) is 48.7 Å². The van der Waals surface area contributed by atoms with Crippen LogP contribution in [0.3, 0.4) is 0 Å². The second-order valence-corrected chi connectivity index (χ2v) is 12.2. The van der Waals surface area contributed by atoms with Crippen LogP contribution in [0, 0.1) is 11.8 Å². The lowest BCUT2D eigenvalue weighted by atomic mass is 9.81. The van der Waals surface area contributed by atoms with Crippen LogP contribution >= 0.6 is 0 Å². The number of morpholine rings is 1. The fourth-order valence-corrected chi connectivity index (χ4v) is 6.21. The van der Waals surface area contributed by atoms with Gasteiger partial charge < -0.3 is 26.0 Å². The van der Waals surface area contributed by atoms with Gasteiger partial charge in [-0.2, -0.15) is 0 Å². The summed E-state index contributed by atoms with van der Waals surface area (Å²) in [7, 11) is 0. The van der Waals surface area contributed by atoms with Crippen molar-refractivity contribution in [1.82, 2.24) is 20.5 Å². The molecule has 46 heavy (non-hydrogen) atoms. The van der Waals surface area contributed by atoms with Crippen molar-refractivity contribution in [3.8, 4) is 22.4 Å². The standard InChI is InChI=1S/C35H41N7O4/c36-21-24-3-7-27(8-4-24)34(44)39-31(35(45)38-29-12-9-26(10-13-29)30-20-33(43)41-40-30)19-23-1-5-25(6-2-23)28-11-14-32(37-22-28)42-15-17-46-18-16-42/h1-2,5-6,9-14,20,22,24,27,31H,3-4,7-8,15-19,21,36H2,(H,38,45)(H,39,44)(H2,40,41,43). The van der Waals surface area contributed by atoms with Gasteiger partial charge in [-0.05, 0) is 79.1 Å². The van der Waals surface area contributed by atoms with Crippen LogP contribution in [-0.4, -0.2) is 65.9 Å². The molecule has 0 spiro atoms. The molecule has 11 nitrogen and oxygen atoms in total. The van der Waals surface area contributed by atoms with E-state index in [4.69, 9.17) is 10.5 Å². The molecular weight excluding hydrogens is 582 g/mol. The van der Waals surface area contributed by atoms with Gasteiger partial charge in [-0.3, -0.25) is 24.6 Å². The smallest absolute Gasteiger partial charge is 0.264 e. The largest absolute Gasteiger partial charge is 0.378 e. The molecule has 1 saturated heterocycles. The van der Waals surface area contributed by atoms with Crippen molar-refractivity contribution in [2.75, 3.05) is 43.1 Å². The number of nitrogens with one attached hydrogen (secondary N) is 4. The van der Waals surface area contributed by atoms with Gasteiger partial charge in [-0.1, -0.05) is 36.4 Å². The first-order chi connectivity index (χ1) is 22.4. The normalized spacial score (nSPS) is 18.9. The van der Waals surface area contributed by atoms with Gasteiger partial charge in [0.2, 0.25) is 11.8 Å². The Kier molecular flexibility index (Phi) is 9.90. The van der Waals surface area contributed by atoms with Gasteiger partial charge in [0.25, 0.3) is 5.56 Å². The molecule has 2 aromatic heterocycles. The minimum atomic E-state index is -0.763. The molecule has 3 heterocycles. The number of carbonyl (C=O) groups excluding carboxylic acids is 2. The fraction of sp³-hybridized carbons (Fsp3) is 0.371. The monoisotopic (exact) mass is 623 g/mol. The number of hydrogen-bond donors (Lipinski definition) is 5. The molecule has 2 aliphatic rings. The minimum absolute atomic E-state index is 0.0922. The summed E-state index contributed by atoms with van der Waals surface area (Å²) in [5, 5.41) is 11.4. The highest BCUT2D eigenvalue weighted by Gasteiger charge is 2.29. The Bertz CT molecular complexity index is 1650. The molecule has 0 bridgehead atoms. The summed E-state index contributed by atoms with van der Waals surface area (Å²) in [6.45, 7) is 3.74. The van der Waals surface area contributed by atoms with Gasteiger partial charge in [0, 0.05) is 48.9 Å². The topological polar surface area (TPSA) is 158 Å². The highest BCUT2D eigenvalue weighted by atomic mass is 16.5. The number of ether oxygens (including phenoxy) is 1. The van der Waals surface area contributed by atoms with Crippen molar-refractivity contribution in [3.05, 3.63) is 88.8 Å². The summed E-state index contributed by atoms with van der Waals surface area (Å²) in [6.07, 6.45) is 5.62. The highest BCUT2D eigenvalue weighted by molar-refractivity contribution is 5.97. The molecule has 6 rings (SSSR count). The van der Waals surface area contributed by atoms with Gasteiger partial charge in [-0.25, -0.2) is 4.98 Å². The Morgan fingerprint density at radius 3 is 2.24 bits per heavy atom. The summed E-state index contributed by atoms with van der Waals surface area (Å²) in [4.78, 5) is 45.4. The third-order valence-corrected chi connectivity index (χ3v) is 9.05. The van der Waals surface area contributed by atoms with Crippen LogP contribution in [0.1, 0.15) is 31.2 Å². The predicted octanol–water partition coefficient (Wildman–Crippen LogP) is 3.70. The minimum Gasteiger partial charge on any atom is -0.378 e. The van der Waals surface area contributed by atoms with Gasteiger partial charge in [-0.15, -0.1) is 0 Å². The van der Waals surface area contributed by atoms with Crippen molar-refractivity contribution in [2.45, 2.75) is 38.1 Å². The van der Waals surface area contributed by atoms with E-state index >= 15 is 0 Å². The van der Waals surface area contributed by atoms with E-state index in [0.717, 1.165) is 66.8 Å². The van der Waals surface area contributed by atoms with Crippen molar-refractivity contribution in [3.63, 3.8) is 0 Å². The van der Waals surface area contributed by atoms with E-state index in [1.165, 1.54) is 6.07 Å². The third kappa shape index (κ3) is 7.72. The SMILES string of the molecule is NCC1CCC(C(=O)NC(Cc2ccc(-c3ccc(N4CCOCC4)nc3)cc2)C(=O)Nc2ccc(-c3cc(=O)[nH][nH]3)cc2)CC1. The van der Waals surface area contributed by atoms with Crippen LogP contribution in [-0.2, 0) is 20.7 Å². The Hall–Kier alpha value is -4.74. The Morgan fingerprint density at radius 1 is 0.913 bits per heavy atom. The maximum Gasteiger partial charge on any atom is 0.264 e. The number of anilines is 2. The van der Waals surface area contributed by atoms with Crippen LogP contribution in [0.15, 0.2) is 77.7 Å². The zero-order valence-corrected chi connectivity index (χ0v) is 25.8. The molecule has 240 valence electrons. The number of pyridine rings is 1. The molecule has 1 aliphatic heterocycles. The van der Waals surface area contributed by atoms with Crippen molar-refractivity contribution >= 4 is 23.3 Å². The number of benzene rings is 2. The van der Waals surface area contributed by atoms with Crippen LogP contribution in [0.4, 0.5) is 11.5 Å². The van der Waals surface area contributed by atoms with E-state index in [-0.39, 0.29) is 23.3 Å². The molecule has 0 radical (unpaired) electrons. The van der Waals surface area contributed by atoms with Gasteiger partial charge in [0.15, 0.2) is 0 Å². The zero-order chi connectivity index (χ0) is 31.9. The van der Waals surface area contributed by atoms with E-state index in [2.05, 4.69) is 36.8 Å². The molecule has 2 aromatic carbocycles. The maximum absolute atomic E-state index is 13.6. The van der Waals surface area contributed by atoms with Gasteiger partial charge in [0.05, 0.1) is 18.9 Å². The quantitative estimate of drug-likeness (QED) is 0.180. The number of nitrogens with two attached hydrogens (primary N) is 1. The molecular formula is C35H41N7O4. The highest BCUT2D eigenvalue weighted by Crippen LogP contribution is 2.29. The zero-order valence-electron chi connectivity index (χ0n) is 25.8. The molecule has 4 aromatic rings. The van der Waals surface area contributed by atoms with Crippen LogP contribution in [0.5, 0.6) is 0 Å². The first-order valence-corrected chi connectivity index (χ1v) is 16.0. The van der Waals surface area contributed by atoms with Crippen LogP contribution < -0.4 is 26.8 Å². The summed E-state index contributed by atoms with van der Waals surface area (Å²) >= 11 is 0. The van der Waals surface area contributed by atoms with E-state index < -0.39 is 6.04 Å². The summed E-state index contributed by atoms with van der Waals surface area (Å²) in [6, 6.07) is 20.1. The van der Waals surface area contributed by atoms with E-state index in [1.54, 1.807) is 12.1 Å². The lowest BCUT2D eigenvalue weighted by molar-refractivity contribution is -0.130. The third-order valence-electron chi connectivity index (χ3n) is 9.05. The first-order valence-electron chi connectivity index (χ1n) is 16.0. The second kappa shape index (κ2) is 14.6. The van der Waals surface area contributed by atoms with Crippen molar-refractivity contribution in [2.24, 2.45) is 17.6 Å². The first kappa shape index (κ1) is 31.3. The molecule has 1 atom stereocenters. The number of hydrogen-bond acceptors (Lipinski definition) is 7. The number of aromatic amines is 2. The lowest BCUT2D eigenvalue weighted by Crippen LogP contribution is -2.48. The van der Waals surface area contributed by atoms with E-state index in [0.29, 0.717) is 43.5 Å². The molecule has 11 heteroatoms. The summed E-state index contributed by atoms with van der Waals surface area (Å²) < 4.78 is 5.44. The summed E-state index contributed by atoms with van der Waals surface area (Å²) in [5.41, 5.74) is 10.7. The van der Waals surface area contributed by atoms with Crippen LogP contribution in [0.2, 0.25) is 0 Å². The second-order valence-electron chi connectivity index (χ2n) is 12.2. The maximum atomic E-state index is 13.6. The van der Waals surface area contributed by atoms with Gasteiger partial charge in [0.1, 0.15) is 11.9 Å². The lowest BCUT2D eigenvalue weighted by Gasteiger charge is -2.28. The number of carbonyl (C=O) groups is 2. The van der Waals surface area contributed by atoms with Crippen LogP contribution in [0.25, 0.3) is 22.4 Å². The Balaban J connectivity index is 1.14. The van der Waals surface area contributed by atoms with Crippen molar-refractivity contribution in [1.29, 1.82) is 0 Å². The molecule has 2 fully saturated rings. The molecule has 6 N–H and O–H groups in total. The number of H-pyrrole nitrogens is 2. The fourth-order valence-electron chi connectivity index (χ4n) is 6.21. The number of amides is 2. The number of rotatable bonds is 10. The summed E-state index contributed by atoms with van der Waals surface area (Å²) in [5.74, 6) is 0.888. The molecule has 2 amide bonds. The van der Waals surface area contributed by atoms with Gasteiger partial charge >= 0.3 is 0 Å². The molecule has 1 saturated carbocycles. The molecule has 1 unspecified atom stereocenters. The Labute approximate surface area is 267 Å². The number of aromatic nitrogens is 3. The Morgan fingerprint density at radius 2 is 1.61 bits per heavy atom. The number of nitrogens with zero attached hydrogens (tertiary/aromatic N) is 2. The predicted molar refractivity (Wildman–Crippen MR) is 178 cm³/mol. The van der Waals surface area contributed by atoms with E-state index in [9.17, 15) is 14.4 Å². The average Bonchev–Trinajstić information content (AvgIpc) is 3.55.